The average Bonchev–Trinajstić information content (AvgIpc) is 2.81. The van der Waals surface area contributed by atoms with Crippen molar-refractivity contribution >= 4 is 0 Å². The summed E-state index contributed by atoms with van der Waals surface area (Å²) in [5.74, 6) is -0.948. The fourth-order valence-corrected chi connectivity index (χ4v) is 2.65. The highest BCUT2D eigenvalue weighted by Crippen LogP contribution is 2.21. The molecule has 0 radical (unpaired) electrons. The van der Waals surface area contributed by atoms with Gasteiger partial charge in [0.05, 0.1) is 0 Å². The molecule has 19 heavy (non-hydrogen) atoms. The van der Waals surface area contributed by atoms with Gasteiger partial charge in [-0.2, -0.15) is 0 Å². The van der Waals surface area contributed by atoms with Gasteiger partial charge in [0.1, 0.15) is 11.6 Å². The van der Waals surface area contributed by atoms with Crippen molar-refractivity contribution in [3.63, 3.8) is 0 Å². The van der Waals surface area contributed by atoms with Crippen LogP contribution in [0.15, 0.2) is 18.2 Å². The van der Waals surface area contributed by atoms with Gasteiger partial charge in [-0.05, 0) is 38.4 Å². The van der Waals surface area contributed by atoms with Gasteiger partial charge in [-0.3, -0.25) is 4.90 Å². The zero-order valence-electron chi connectivity index (χ0n) is 11.5. The van der Waals surface area contributed by atoms with Gasteiger partial charge < -0.3 is 5.32 Å². The predicted molar refractivity (Wildman–Crippen MR) is 73.0 cm³/mol. The molecule has 0 amide bonds. The third-order valence-electron chi connectivity index (χ3n) is 3.69. The molecular formula is C15H22F2N2. The molecule has 1 fully saturated rings. The molecule has 0 bridgehead atoms. The molecule has 2 rings (SSSR count). The number of hydrogen-bond acceptors (Lipinski definition) is 2. The maximum atomic E-state index is 13.7. The van der Waals surface area contributed by atoms with E-state index in [2.05, 4.69) is 17.1 Å². The molecule has 4 heteroatoms. The van der Waals surface area contributed by atoms with Crippen molar-refractivity contribution in [3.05, 3.63) is 35.4 Å². The van der Waals surface area contributed by atoms with E-state index < -0.39 is 11.6 Å². The highest BCUT2D eigenvalue weighted by Gasteiger charge is 2.24. The Bertz CT molecular complexity index is 409. The molecule has 1 unspecified atom stereocenters. The third kappa shape index (κ3) is 3.98. The summed E-state index contributed by atoms with van der Waals surface area (Å²) in [6.45, 7) is 5.69. The molecule has 2 nitrogen and oxygen atoms in total. The molecule has 1 aromatic carbocycles. The molecule has 0 spiro atoms. The minimum Gasteiger partial charge on any atom is -0.315 e. The van der Waals surface area contributed by atoms with E-state index in [9.17, 15) is 8.78 Å². The lowest BCUT2D eigenvalue weighted by molar-refractivity contribution is 0.236. The molecule has 1 atom stereocenters. The third-order valence-corrected chi connectivity index (χ3v) is 3.69. The van der Waals surface area contributed by atoms with Crippen molar-refractivity contribution in [2.75, 3.05) is 19.6 Å². The van der Waals surface area contributed by atoms with Crippen LogP contribution in [0.1, 0.15) is 31.7 Å². The van der Waals surface area contributed by atoms with Crippen LogP contribution in [-0.2, 0) is 6.54 Å². The average molecular weight is 268 g/mol. The van der Waals surface area contributed by atoms with Crippen LogP contribution in [0.3, 0.4) is 0 Å². The Kier molecular flexibility index (Phi) is 5.28. The molecule has 1 heterocycles. The van der Waals surface area contributed by atoms with E-state index in [4.69, 9.17) is 0 Å². The van der Waals surface area contributed by atoms with E-state index in [0.29, 0.717) is 18.2 Å². The van der Waals surface area contributed by atoms with Crippen molar-refractivity contribution in [2.24, 2.45) is 0 Å². The second-order valence-electron chi connectivity index (χ2n) is 5.21. The number of likely N-dealkylation sites (tertiary alicyclic amines) is 1. The maximum absolute atomic E-state index is 13.7. The van der Waals surface area contributed by atoms with Crippen LogP contribution in [-0.4, -0.2) is 30.6 Å². The first-order valence-electron chi connectivity index (χ1n) is 7.09. The van der Waals surface area contributed by atoms with Gasteiger partial charge in [0.2, 0.25) is 0 Å². The predicted octanol–water partition coefficient (Wildman–Crippen LogP) is 2.93. The van der Waals surface area contributed by atoms with Crippen molar-refractivity contribution in [1.82, 2.24) is 10.2 Å². The van der Waals surface area contributed by atoms with Gasteiger partial charge >= 0.3 is 0 Å². The normalized spacial score (nSPS) is 20.1. The van der Waals surface area contributed by atoms with Crippen LogP contribution >= 0.6 is 0 Å². The van der Waals surface area contributed by atoms with Gasteiger partial charge in [-0.15, -0.1) is 0 Å². The second kappa shape index (κ2) is 6.96. The fourth-order valence-electron chi connectivity index (χ4n) is 2.65. The molecule has 0 aliphatic carbocycles. The van der Waals surface area contributed by atoms with Crippen molar-refractivity contribution in [2.45, 2.75) is 38.8 Å². The monoisotopic (exact) mass is 268 g/mol. The van der Waals surface area contributed by atoms with E-state index in [1.54, 1.807) is 6.07 Å². The number of halogens is 2. The maximum Gasteiger partial charge on any atom is 0.130 e. The summed E-state index contributed by atoms with van der Waals surface area (Å²) in [7, 11) is 0. The molecule has 1 saturated heterocycles. The molecule has 1 aromatic rings. The number of benzene rings is 1. The van der Waals surface area contributed by atoms with E-state index in [-0.39, 0.29) is 0 Å². The van der Waals surface area contributed by atoms with Gasteiger partial charge in [-0.25, -0.2) is 8.78 Å². The first kappa shape index (κ1) is 14.4. The quantitative estimate of drug-likeness (QED) is 0.798. The van der Waals surface area contributed by atoms with Crippen LogP contribution in [0.5, 0.6) is 0 Å². The lowest BCUT2D eigenvalue weighted by atomic mass is 10.1. The standard InChI is InChI=1S/C15H22F2N2/c1-2-7-18-10-14-4-3-8-19(14)11-12-5-6-13(16)9-15(12)17/h5-6,9,14,18H,2-4,7-8,10-11H2,1H3. The van der Waals surface area contributed by atoms with E-state index in [1.165, 1.54) is 6.07 Å². The molecular weight excluding hydrogens is 246 g/mol. The van der Waals surface area contributed by atoms with Gasteiger partial charge in [0, 0.05) is 30.8 Å². The van der Waals surface area contributed by atoms with Crippen molar-refractivity contribution in [1.29, 1.82) is 0 Å². The van der Waals surface area contributed by atoms with Gasteiger partial charge in [-0.1, -0.05) is 13.0 Å². The minimum atomic E-state index is -0.510. The van der Waals surface area contributed by atoms with Gasteiger partial charge in [0.15, 0.2) is 0 Å². The van der Waals surface area contributed by atoms with Crippen LogP contribution in [0.4, 0.5) is 8.78 Å². The van der Waals surface area contributed by atoms with E-state index in [0.717, 1.165) is 45.0 Å². The largest absolute Gasteiger partial charge is 0.315 e. The number of nitrogens with zero attached hydrogens (tertiary/aromatic N) is 1. The summed E-state index contributed by atoms with van der Waals surface area (Å²) < 4.78 is 26.5. The summed E-state index contributed by atoms with van der Waals surface area (Å²) in [6.07, 6.45) is 3.43. The first-order valence-corrected chi connectivity index (χ1v) is 7.09. The van der Waals surface area contributed by atoms with Crippen LogP contribution in [0, 0.1) is 11.6 Å². The summed E-state index contributed by atoms with van der Waals surface area (Å²) in [6, 6.07) is 4.32. The number of nitrogens with one attached hydrogen (secondary N) is 1. The Balaban J connectivity index is 1.93. The second-order valence-corrected chi connectivity index (χ2v) is 5.21. The van der Waals surface area contributed by atoms with E-state index in [1.807, 2.05) is 0 Å². The van der Waals surface area contributed by atoms with E-state index >= 15 is 0 Å². The van der Waals surface area contributed by atoms with Gasteiger partial charge in [0.25, 0.3) is 0 Å². The number of rotatable bonds is 6. The Morgan fingerprint density at radius 3 is 2.95 bits per heavy atom. The van der Waals surface area contributed by atoms with Crippen molar-refractivity contribution < 1.29 is 8.78 Å². The Morgan fingerprint density at radius 1 is 1.37 bits per heavy atom. The molecule has 0 saturated carbocycles. The Hall–Kier alpha value is -1.00. The highest BCUT2D eigenvalue weighted by atomic mass is 19.1. The summed E-state index contributed by atoms with van der Waals surface area (Å²) in [5.41, 5.74) is 0.587. The van der Waals surface area contributed by atoms with Crippen molar-refractivity contribution in [3.8, 4) is 0 Å². The minimum absolute atomic E-state index is 0.438. The van der Waals surface area contributed by atoms with Crippen LogP contribution in [0.25, 0.3) is 0 Å². The molecule has 1 aliphatic heterocycles. The SMILES string of the molecule is CCCNCC1CCCN1Cc1ccc(F)cc1F. The first-order chi connectivity index (χ1) is 9.20. The Morgan fingerprint density at radius 2 is 2.21 bits per heavy atom. The summed E-state index contributed by atoms with van der Waals surface area (Å²) in [5, 5.41) is 3.42. The molecule has 106 valence electrons. The molecule has 1 N–H and O–H groups in total. The number of hydrogen-bond donors (Lipinski definition) is 1. The zero-order valence-corrected chi connectivity index (χ0v) is 11.5. The Labute approximate surface area is 113 Å². The smallest absolute Gasteiger partial charge is 0.130 e. The molecule has 0 aromatic heterocycles. The zero-order chi connectivity index (χ0) is 13.7. The lowest BCUT2D eigenvalue weighted by Crippen LogP contribution is -2.37. The molecule has 1 aliphatic rings. The highest BCUT2D eigenvalue weighted by molar-refractivity contribution is 5.18. The lowest BCUT2D eigenvalue weighted by Gasteiger charge is -2.25. The summed E-state index contributed by atoms with van der Waals surface area (Å²) >= 11 is 0. The van der Waals surface area contributed by atoms with Crippen LogP contribution < -0.4 is 5.32 Å². The fraction of sp³-hybridized carbons (Fsp3) is 0.600. The summed E-state index contributed by atoms with van der Waals surface area (Å²) in [4.78, 5) is 2.29. The van der Waals surface area contributed by atoms with Crippen LogP contribution in [0.2, 0.25) is 0 Å². The topological polar surface area (TPSA) is 15.3 Å².